The Bertz CT molecular complexity index is 74.5. The fraction of sp³-hybridized carbons (Fsp3) is 0.857. The third kappa shape index (κ3) is 3.85. The van der Waals surface area contributed by atoms with E-state index in [9.17, 15) is 4.79 Å². The lowest BCUT2D eigenvalue weighted by molar-refractivity contribution is -0.119. The highest BCUT2D eigenvalue weighted by Gasteiger charge is 1.99. The van der Waals surface area contributed by atoms with Crippen molar-refractivity contribution in [2.75, 3.05) is 0 Å². The number of carbonyl (C=O) groups excluding carboxylic acids is 1. The van der Waals surface area contributed by atoms with E-state index in [4.69, 9.17) is 0 Å². The van der Waals surface area contributed by atoms with Gasteiger partial charge >= 0.3 is 0 Å². The van der Waals surface area contributed by atoms with Crippen LogP contribution in [-0.2, 0) is 4.79 Å². The average Bonchev–Trinajstić information content (AvgIpc) is 1.65. The van der Waals surface area contributed by atoms with Gasteiger partial charge in [0.2, 0.25) is 0 Å². The van der Waals surface area contributed by atoms with E-state index in [2.05, 4.69) is 13.8 Å². The zero-order valence-corrected chi connectivity index (χ0v) is 5.90. The van der Waals surface area contributed by atoms with E-state index in [1.807, 2.05) is 6.92 Å². The highest BCUT2D eigenvalue weighted by atomic mass is 16.1. The molecule has 0 bridgehead atoms. The van der Waals surface area contributed by atoms with Crippen molar-refractivity contribution in [1.82, 2.24) is 0 Å². The summed E-state index contributed by atoms with van der Waals surface area (Å²) >= 11 is 0. The third-order valence-corrected chi connectivity index (χ3v) is 1.03. The Morgan fingerprint density at radius 1 is 1.50 bits per heavy atom. The van der Waals surface area contributed by atoms with Gasteiger partial charge in [0.05, 0.1) is 0 Å². The van der Waals surface area contributed by atoms with Crippen LogP contribution >= 0.6 is 0 Å². The Balaban J connectivity index is 3.25. The minimum Gasteiger partial charge on any atom is -0.300 e. The standard InChI is InChI=1S/C7H14O/c1-4-7(8)5-6(2)3/h6H,4-5H2,1-3H3. The molecule has 48 valence electrons. The van der Waals surface area contributed by atoms with Gasteiger partial charge in [-0.2, -0.15) is 0 Å². The molecule has 0 aromatic rings. The molecule has 0 saturated carbocycles. The topological polar surface area (TPSA) is 17.1 Å². The van der Waals surface area contributed by atoms with E-state index in [0.717, 1.165) is 6.42 Å². The number of hydrogen-bond acceptors (Lipinski definition) is 1. The first-order chi connectivity index (χ1) is 3.66. The first-order valence-corrected chi connectivity index (χ1v) is 3.18. The van der Waals surface area contributed by atoms with Crippen LogP contribution in [-0.4, -0.2) is 5.78 Å². The Morgan fingerprint density at radius 2 is 2.00 bits per heavy atom. The van der Waals surface area contributed by atoms with E-state index in [1.54, 1.807) is 0 Å². The second-order valence-electron chi connectivity index (χ2n) is 2.49. The van der Waals surface area contributed by atoms with Crippen LogP contribution in [0.5, 0.6) is 0 Å². The predicted molar refractivity (Wildman–Crippen MR) is 34.8 cm³/mol. The Labute approximate surface area is 51.1 Å². The zero-order chi connectivity index (χ0) is 6.57. The molecule has 0 spiro atoms. The third-order valence-electron chi connectivity index (χ3n) is 1.03. The Morgan fingerprint density at radius 3 is 2.12 bits per heavy atom. The van der Waals surface area contributed by atoms with Gasteiger partial charge in [0.1, 0.15) is 5.78 Å². The lowest BCUT2D eigenvalue weighted by Crippen LogP contribution is -1.99. The van der Waals surface area contributed by atoms with Gasteiger partial charge in [0.25, 0.3) is 0 Å². The molecule has 0 aromatic carbocycles. The molecule has 0 amide bonds. The number of ketones is 1. The van der Waals surface area contributed by atoms with Crippen molar-refractivity contribution in [2.24, 2.45) is 5.92 Å². The number of carbonyl (C=O) groups is 1. The average molecular weight is 114 g/mol. The van der Waals surface area contributed by atoms with Gasteiger partial charge in [-0.15, -0.1) is 0 Å². The number of rotatable bonds is 3. The second kappa shape index (κ2) is 3.65. The maximum absolute atomic E-state index is 10.6. The smallest absolute Gasteiger partial charge is 0.132 e. The van der Waals surface area contributed by atoms with Crippen molar-refractivity contribution in [1.29, 1.82) is 0 Å². The van der Waals surface area contributed by atoms with E-state index >= 15 is 0 Å². The molecule has 0 unspecified atom stereocenters. The zero-order valence-electron chi connectivity index (χ0n) is 5.90. The molecule has 0 aromatic heterocycles. The molecular formula is C7H14O. The summed E-state index contributed by atoms with van der Waals surface area (Å²) in [6.07, 6.45) is 1.44. The molecule has 0 heterocycles. The molecule has 0 saturated heterocycles. The van der Waals surface area contributed by atoms with Crippen LogP contribution in [0.15, 0.2) is 0 Å². The first-order valence-electron chi connectivity index (χ1n) is 3.18. The van der Waals surface area contributed by atoms with Crippen molar-refractivity contribution < 1.29 is 4.79 Å². The van der Waals surface area contributed by atoms with E-state index in [1.165, 1.54) is 0 Å². The number of Topliss-reactive ketones (excluding diaryl/α,β-unsaturated/α-hetero) is 1. The predicted octanol–water partition coefficient (Wildman–Crippen LogP) is 2.01. The van der Waals surface area contributed by atoms with Crippen LogP contribution in [0.4, 0.5) is 0 Å². The normalized spacial score (nSPS) is 10.0. The summed E-state index contributed by atoms with van der Waals surface area (Å²) in [7, 11) is 0. The summed E-state index contributed by atoms with van der Waals surface area (Å²) in [5, 5.41) is 0. The molecule has 0 aliphatic carbocycles. The van der Waals surface area contributed by atoms with Gasteiger partial charge in [-0.25, -0.2) is 0 Å². The van der Waals surface area contributed by atoms with Gasteiger partial charge in [0.15, 0.2) is 0 Å². The molecular weight excluding hydrogens is 100 g/mol. The van der Waals surface area contributed by atoms with Crippen molar-refractivity contribution in [3.63, 3.8) is 0 Å². The molecule has 0 atom stereocenters. The van der Waals surface area contributed by atoms with Crippen molar-refractivity contribution >= 4 is 5.78 Å². The van der Waals surface area contributed by atoms with E-state index in [0.29, 0.717) is 18.1 Å². The molecule has 0 radical (unpaired) electrons. The van der Waals surface area contributed by atoms with Gasteiger partial charge in [0, 0.05) is 12.8 Å². The first kappa shape index (κ1) is 7.67. The van der Waals surface area contributed by atoms with Crippen LogP contribution in [0.1, 0.15) is 33.6 Å². The summed E-state index contributed by atoms with van der Waals surface area (Å²) in [5.74, 6) is 0.905. The van der Waals surface area contributed by atoms with Gasteiger partial charge in [-0.05, 0) is 5.92 Å². The lowest BCUT2D eigenvalue weighted by Gasteiger charge is -1.98. The minimum absolute atomic E-state index is 0.375. The fourth-order valence-electron chi connectivity index (χ4n) is 0.600. The van der Waals surface area contributed by atoms with Crippen molar-refractivity contribution in [3.05, 3.63) is 0 Å². The molecule has 1 heteroatoms. The maximum atomic E-state index is 10.6. The quantitative estimate of drug-likeness (QED) is 0.548. The summed E-state index contributed by atoms with van der Waals surface area (Å²) < 4.78 is 0. The van der Waals surface area contributed by atoms with Gasteiger partial charge in [-0.3, -0.25) is 4.79 Å². The van der Waals surface area contributed by atoms with E-state index < -0.39 is 0 Å². The Kier molecular flexibility index (Phi) is 3.49. The fourth-order valence-corrected chi connectivity index (χ4v) is 0.600. The molecule has 0 rings (SSSR count). The van der Waals surface area contributed by atoms with Crippen LogP contribution in [0, 0.1) is 5.92 Å². The lowest BCUT2D eigenvalue weighted by atomic mass is 10.1. The molecule has 0 aliphatic rings. The van der Waals surface area contributed by atoms with Crippen LogP contribution in [0.25, 0.3) is 0 Å². The Hall–Kier alpha value is -0.330. The maximum Gasteiger partial charge on any atom is 0.132 e. The monoisotopic (exact) mass is 114 g/mol. The summed E-state index contributed by atoms with van der Waals surface area (Å²) in [4.78, 5) is 10.6. The van der Waals surface area contributed by atoms with Gasteiger partial charge in [-0.1, -0.05) is 20.8 Å². The van der Waals surface area contributed by atoms with Crippen molar-refractivity contribution in [3.8, 4) is 0 Å². The van der Waals surface area contributed by atoms with Gasteiger partial charge < -0.3 is 0 Å². The summed E-state index contributed by atoms with van der Waals surface area (Å²) in [6, 6.07) is 0. The molecule has 8 heavy (non-hydrogen) atoms. The summed E-state index contributed by atoms with van der Waals surface area (Å²) in [5.41, 5.74) is 0. The largest absolute Gasteiger partial charge is 0.300 e. The highest BCUT2D eigenvalue weighted by Crippen LogP contribution is 2.01. The molecule has 0 aliphatic heterocycles. The SMILES string of the molecule is CCC(=O)CC(C)C. The number of hydrogen-bond donors (Lipinski definition) is 0. The van der Waals surface area contributed by atoms with Crippen molar-refractivity contribution in [2.45, 2.75) is 33.6 Å². The minimum atomic E-state index is 0.375. The molecule has 1 nitrogen and oxygen atoms in total. The van der Waals surface area contributed by atoms with Crippen LogP contribution < -0.4 is 0 Å². The summed E-state index contributed by atoms with van der Waals surface area (Å²) in [6.45, 7) is 6.03. The molecule has 0 N–H and O–H groups in total. The highest BCUT2D eigenvalue weighted by molar-refractivity contribution is 5.78. The second-order valence-corrected chi connectivity index (χ2v) is 2.49. The molecule has 0 fully saturated rings. The van der Waals surface area contributed by atoms with E-state index in [-0.39, 0.29) is 0 Å². The van der Waals surface area contributed by atoms with Crippen LogP contribution in [0.3, 0.4) is 0 Å². The van der Waals surface area contributed by atoms with Crippen LogP contribution in [0.2, 0.25) is 0 Å².